The Balaban J connectivity index is 2.04. The molecule has 1 aromatic heterocycles. The maximum Gasteiger partial charge on any atom is 0.0657 e. The topological polar surface area (TPSA) is 40.7 Å². The van der Waals surface area contributed by atoms with Gasteiger partial charge in [0.1, 0.15) is 0 Å². The van der Waals surface area contributed by atoms with Gasteiger partial charge in [-0.3, -0.25) is 5.10 Å². The van der Waals surface area contributed by atoms with Crippen LogP contribution in [0.3, 0.4) is 0 Å². The van der Waals surface area contributed by atoms with E-state index >= 15 is 0 Å². The van der Waals surface area contributed by atoms with E-state index in [-0.39, 0.29) is 0 Å². The van der Waals surface area contributed by atoms with Crippen molar-refractivity contribution in [2.45, 2.75) is 26.7 Å². The number of rotatable bonds is 2. The Morgan fingerprint density at radius 3 is 2.85 bits per heavy atom. The van der Waals surface area contributed by atoms with Gasteiger partial charge in [-0.25, -0.2) is 0 Å². The van der Waals surface area contributed by atoms with Gasteiger partial charge in [0.2, 0.25) is 0 Å². The predicted octanol–water partition coefficient (Wildman–Crippen LogP) is 1.18. The lowest BCUT2D eigenvalue weighted by molar-refractivity contribution is 0.569. The van der Waals surface area contributed by atoms with E-state index < -0.39 is 0 Å². The van der Waals surface area contributed by atoms with Crippen molar-refractivity contribution < 1.29 is 0 Å². The maximum atomic E-state index is 4.33. The molecular formula is C10H17N3. The van der Waals surface area contributed by atoms with Crippen molar-refractivity contribution in [3.63, 3.8) is 0 Å². The van der Waals surface area contributed by atoms with Gasteiger partial charge in [0.15, 0.2) is 0 Å². The Morgan fingerprint density at radius 2 is 2.31 bits per heavy atom. The summed E-state index contributed by atoms with van der Waals surface area (Å²) in [4.78, 5) is 0. The molecule has 0 aromatic carbocycles. The number of aromatic amines is 1. The van der Waals surface area contributed by atoms with Gasteiger partial charge in [0.05, 0.1) is 5.69 Å². The Kier molecular flexibility index (Phi) is 2.36. The van der Waals surface area contributed by atoms with E-state index in [1.165, 1.54) is 29.9 Å². The van der Waals surface area contributed by atoms with Gasteiger partial charge < -0.3 is 5.32 Å². The van der Waals surface area contributed by atoms with Gasteiger partial charge in [-0.1, -0.05) is 0 Å². The molecule has 1 fully saturated rings. The number of aryl methyl sites for hydroxylation is 1. The zero-order chi connectivity index (χ0) is 9.26. The second-order valence-electron chi connectivity index (χ2n) is 3.98. The highest BCUT2D eigenvalue weighted by atomic mass is 15.1. The molecule has 1 aliphatic heterocycles. The number of nitrogens with one attached hydrogen (secondary N) is 2. The number of nitrogens with zero attached hydrogens (tertiary/aromatic N) is 1. The summed E-state index contributed by atoms with van der Waals surface area (Å²) >= 11 is 0. The van der Waals surface area contributed by atoms with Crippen LogP contribution in [0.1, 0.15) is 23.4 Å². The van der Waals surface area contributed by atoms with E-state index in [4.69, 9.17) is 0 Å². The second kappa shape index (κ2) is 3.50. The summed E-state index contributed by atoms with van der Waals surface area (Å²) in [5, 5.41) is 10.7. The van der Waals surface area contributed by atoms with Crippen LogP contribution < -0.4 is 5.32 Å². The van der Waals surface area contributed by atoms with Crippen LogP contribution in [0.4, 0.5) is 0 Å². The van der Waals surface area contributed by atoms with Crippen molar-refractivity contribution in [3.05, 3.63) is 17.0 Å². The lowest BCUT2D eigenvalue weighted by atomic mass is 10.0. The van der Waals surface area contributed by atoms with Crippen LogP contribution >= 0.6 is 0 Å². The smallest absolute Gasteiger partial charge is 0.0657 e. The van der Waals surface area contributed by atoms with Crippen LogP contribution in [0, 0.1) is 19.8 Å². The third kappa shape index (κ3) is 1.75. The molecule has 1 unspecified atom stereocenters. The maximum absolute atomic E-state index is 4.33. The molecule has 1 atom stereocenters. The van der Waals surface area contributed by atoms with Crippen LogP contribution in [0.5, 0.6) is 0 Å². The van der Waals surface area contributed by atoms with Gasteiger partial charge in [-0.2, -0.15) is 5.10 Å². The minimum atomic E-state index is 0.793. The molecule has 1 saturated heterocycles. The summed E-state index contributed by atoms with van der Waals surface area (Å²) in [7, 11) is 0. The first-order valence-corrected chi connectivity index (χ1v) is 4.98. The highest BCUT2D eigenvalue weighted by Crippen LogP contribution is 2.17. The minimum Gasteiger partial charge on any atom is -0.316 e. The summed E-state index contributed by atoms with van der Waals surface area (Å²) in [6.07, 6.45) is 2.43. The van der Waals surface area contributed by atoms with E-state index in [2.05, 4.69) is 29.4 Å². The van der Waals surface area contributed by atoms with Gasteiger partial charge in [-0.05, 0) is 51.3 Å². The van der Waals surface area contributed by atoms with Gasteiger partial charge >= 0.3 is 0 Å². The van der Waals surface area contributed by atoms with Gasteiger partial charge in [0.25, 0.3) is 0 Å². The molecule has 3 nitrogen and oxygen atoms in total. The molecule has 0 aliphatic carbocycles. The average molecular weight is 179 g/mol. The SMILES string of the molecule is Cc1[nH]nc(CC2CCNC2)c1C. The van der Waals surface area contributed by atoms with Crippen molar-refractivity contribution in [1.82, 2.24) is 15.5 Å². The quantitative estimate of drug-likeness (QED) is 0.715. The van der Waals surface area contributed by atoms with E-state index in [0.717, 1.165) is 18.9 Å². The lowest BCUT2D eigenvalue weighted by Crippen LogP contribution is -2.11. The molecule has 2 rings (SSSR count). The second-order valence-corrected chi connectivity index (χ2v) is 3.98. The molecule has 0 spiro atoms. The van der Waals surface area contributed by atoms with E-state index in [1.54, 1.807) is 0 Å². The van der Waals surface area contributed by atoms with Crippen molar-refractivity contribution in [2.75, 3.05) is 13.1 Å². The number of aromatic nitrogens is 2. The Labute approximate surface area is 78.9 Å². The van der Waals surface area contributed by atoms with Crippen LogP contribution in [-0.4, -0.2) is 23.3 Å². The fraction of sp³-hybridized carbons (Fsp3) is 0.700. The fourth-order valence-corrected chi connectivity index (χ4v) is 1.90. The summed E-state index contributed by atoms with van der Waals surface area (Å²) < 4.78 is 0. The first kappa shape index (κ1) is 8.75. The molecule has 72 valence electrons. The van der Waals surface area contributed by atoms with Crippen LogP contribution in [0.2, 0.25) is 0 Å². The average Bonchev–Trinajstić information content (AvgIpc) is 2.71. The summed E-state index contributed by atoms with van der Waals surface area (Å²) in [6.45, 7) is 6.56. The fourth-order valence-electron chi connectivity index (χ4n) is 1.90. The molecule has 2 N–H and O–H groups in total. The molecule has 3 heteroatoms. The molecule has 0 saturated carbocycles. The van der Waals surface area contributed by atoms with Crippen molar-refractivity contribution in [3.8, 4) is 0 Å². The number of hydrogen-bond donors (Lipinski definition) is 2. The van der Waals surface area contributed by atoms with E-state index in [0.29, 0.717) is 0 Å². The third-order valence-corrected chi connectivity index (χ3v) is 3.00. The first-order chi connectivity index (χ1) is 6.27. The van der Waals surface area contributed by atoms with Gasteiger partial charge in [-0.15, -0.1) is 0 Å². The highest BCUT2D eigenvalue weighted by Gasteiger charge is 2.17. The third-order valence-electron chi connectivity index (χ3n) is 3.00. The van der Waals surface area contributed by atoms with Crippen LogP contribution in [0.25, 0.3) is 0 Å². The molecule has 1 aliphatic rings. The number of H-pyrrole nitrogens is 1. The zero-order valence-electron chi connectivity index (χ0n) is 8.35. The van der Waals surface area contributed by atoms with Gasteiger partial charge in [0, 0.05) is 5.69 Å². The van der Waals surface area contributed by atoms with E-state index in [9.17, 15) is 0 Å². The van der Waals surface area contributed by atoms with Crippen LogP contribution in [0.15, 0.2) is 0 Å². The molecule has 0 bridgehead atoms. The molecule has 2 heterocycles. The Bertz CT molecular complexity index is 284. The lowest BCUT2D eigenvalue weighted by Gasteiger charge is -2.05. The Hall–Kier alpha value is -0.830. The molecule has 0 amide bonds. The van der Waals surface area contributed by atoms with E-state index in [1.807, 2.05) is 0 Å². The van der Waals surface area contributed by atoms with Crippen molar-refractivity contribution in [2.24, 2.45) is 5.92 Å². The Morgan fingerprint density at radius 1 is 1.46 bits per heavy atom. The largest absolute Gasteiger partial charge is 0.316 e. The minimum absolute atomic E-state index is 0.793. The van der Waals surface area contributed by atoms with Crippen LogP contribution in [-0.2, 0) is 6.42 Å². The molecule has 13 heavy (non-hydrogen) atoms. The summed E-state index contributed by atoms with van der Waals surface area (Å²) in [5.41, 5.74) is 3.80. The van der Waals surface area contributed by atoms with Crippen molar-refractivity contribution >= 4 is 0 Å². The summed E-state index contributed by atoms with van der Waals surface area (Å²) in [6, 6.07) is 0. The first-order valence-electron chi connectivity index (χ1n) is 4.98. The van der Waals surface area contributed by atoms with Crippen molar-refractivity contribution in [1.29, 1.82) is 0 Å². The highest BCUT2D eigenvalue weighted by molar-refractivity contribution is 5.22. The molecular weight excluding hydrogens is 162 g/mol. The number of hydrogen-bond acceptors (Lipinski definition) is 2. The predicted molar refractivity (Wildman–Crippen MR) is 52.7 cm³/mol. The zero-order valence-corrected chi connectivity index (χ0v) is 8.35. The normalized spacial score (nSPS) is 22.5. The monoisotopic (exact) mass is 179 g/mol. The molecule has 0 radical (unpaired) electrons. The summed E-state index contributed by atoms with van der Waals surface area (Å²) in [5.74, 6) is 0.793. The standard InChI is InChI=1S/C10H17N3/c1-7-8(2)12-13-10(7)5-9-3-4-11-6-9/h9,11H,3-6H2,1-2H3,(H,12,13). The molecule has 1 aromatic rings.